The van der Waals surface area contributed by atoms with Gasteiger partial charge in [0.2, 0.25) is 0 Å². The normalized spacial score (nSPS) is 12.1. The Morgan fingerprint density at radius 2 is 1.52 bits per heavy atom. The van der Waals surface area contributed by atoms with E-state index in [4.69, 9.17) is 9.57 Å². The average Bonchev–Trinajstić information content (AvgIpc) is 2.61. The quantitative estimate of drug-likeness (QED) is 0.563. The summed E-state index contributed by atoms with van der Waals surface area (Å²) in [5, 5.41) is 1.78. The first-order chi connectivity index (χ1) is 12.5. The van der Waals surface area contributed by atoms with Gasteiger partial charge in [-0.25, -0.2) is 8.78 Å². The maximum absolute atomic E-state index is 14.2. The van der Waals surface area contributed by atoms with E-state index < -0.39 is 11.6 Å². The number of halogens is 3. The maximum atomic E-state index is 14.2. The molecule has 0 N–H and O–H groups in total. The molecule has 27 heavy (non-hydrogen) atoms. The highest BCUT2D eigenvalue weighted by Gasteiger charge is 2.23. The Labute approximate surface area is 166 Å². The zero-order chi connectivity index (χ0) is 19.1. The number of ether oxygens (including phenoxy) is 1. The number of nitrogens with zero attached hydrogens (tertiary/aromatic N) is 1. The standard InChI is InChI=1S/C21H27F2NO2.ClH/c1-15-7-5-8-16(2)21(15)17(14-24(26-4)11-12-25-3)13-18-19(22)9-6-10-20(18)23;/h5-10,17H,11-14H2,1-4H3;1H. The van der Waals surface area contributed by atoms with Crippen molar-refractivity contribution in [1.82, 2.24) is 5.06 Å². The molecule has 0 fully saturated rings. The van der Waals surface area contributed by atoms with Crippen LogP contribution in [0.25, 0.3) is 0 Å². The summed E-state index contributed by atoms with van der Waals surface area (Å²) in [6.45, 7) is 5.66. The number of hydrogen-bond donors (Lipinski definition) is 0. The number of benzene rings is 2. The minimum Gasteiger partial charge on any atom is -0.383 e. The van der Waals surface area contributed by atoms with Gasteiger partial charge in [0.05, 0.1) is 13.7 Å². The van der Waals surface area contributed by atoms with Crippen molar-refractivity contribution in [3.05, 3.63) is 70.3 Å². The third kappa shape index (κ3) is 6.25. The third-order valence-electron chi connectivity index (χ3n) is 4.69. The van der Waals surface area contributed by atoms with E-state index in [2.05, 4.69) is 0 Å². The Balaban J connectivity index is 0.00000364. The molecule has 0 aliphatic rings. The van der Waals surface area contributed by atoms with Crippen molar-refractivity contribution in [3.8, 4) is 0 Å². The topological polar surface area (TPSA) is 21.7 Å². The molecule has 0 radical (unpaired) electrons. The molecule has 2 rings (SSSR count). The van der Waals surface area contributed by atoms with Gasteiger partial charge in [-0.2, -0.15) is 5.06 Å². The Morgan fingerprint density at radius 3 is 2.04 bits per heavy atom. The molecule has 0 aliphatic carbocycles. The lowest BCUT2D eigenvalue weighted by Gasteiger charge is -2.28. The Bertz CT molecular complexity index is 687. The van der Waals surface area contributed by atoms with E-state index in [9.17, 15) is 8.78 Å². The molecule has 0 saturated carbocycles. The summed E-state index contributed by atoms with van der Waals surface area (Å²) in [6, 6.07) is 10.0. The van der Waals surface area contributed by atoms with Crippen LogP contribution >= 0.6 is 12.4 Å². The summed E-state index contributed by atoms with van der Waals surface area (Å²) < 4.78 is 33.6. The van der Waals surface area contributed by atoms with Crippen molar-refractivity contribution in [3.63, 3.8) is 0 Å². The fourth-order valence-corrected chi connectivity index (χ4v) is 3.40. The van der Waals surface area contributed by atoms with Crippen molar-refractivity contribution < 1.29 is 18.4 Å². The predicted molar refractivity (Wildman–Crippen MR) is 106 cm³/mol. The molecule has 0 aromatic heterocycles. The fourth-order valence-electron chi connectivity index (χ4n) is 3.40. The Morgan fingerprint density at radius 1 is 0.963 bits per heavy atom. The first-order valence-electron chi connectivity index (χ1n) is 8.74. The van der Waals surface area contributed by atoms with Crippen LogP contribution in [-0.4, -0.2) is 39.0 Å². The smallest absolute Gasteiger partial charge is 0.129 e. The predicted octanol–water partition coefficient (Wildman–Crippen LogP) is 4.84. The number of hydroxylamine groups is 2. The molecule has 1 unspecified atom stereocenters. The third-order valence-corrected chi connectivity index (χ3v) is 4.69. The van der Waals surface area contributed by atoms with Crippen molar-refractivity contribution in [2.75, 3.05) is 33.9 Å². The van der Waals surface area contributed by atoms with Gasteiger partial charge in [-0.1, -0.05) is 24.3 Å². The van der Waals surface area contributed by atoms with Gasteiger partial charge in [-0.15, -0.1) is 12.4 Å². The largest absolute Gasteiger partial charge is 0.383 e. The van der Waals surface area contributed by atoms with Crippen LogP contribution < -0.4 is 0 Å². The van der Waals surface area contributed by atoms with Crippen molar-refractivity contribution in [2.45, 2.75) is 26.2 Å². The molecule has 6 heteroatoms. The van der Waals surface area contributed by atoms with E-state index in [1.165, 1.54) is 18.2 Å². The van der Waals surface area contributed by atoms with Gasteiger partial charge in [-0.3, -0.25) is 0 Å². The molecule has 150 valence electrons. The molecule has 2 aromatic carbocycles. The van der Waals surface area contributed by atoms with E-state index in [-0.39, 0.29) is 30.3 Å². The second-order valence-corrected chi connectivity index (χ2v) is 6.47. The van der Waals surface area contributed by atoms with Crippen LogP contribution in [0.3, 0.4) is 0 Å². The lowest BCUT2D eigenvalue weighted by atomic mass is 9.85. The van der Waals surface area contributed by atoms with E-state index in [1.54, 1.807) is 19.3 Å². The first-order valence-corrected chi connectivity index (χ1v) is 8.74. The summed E-state index contributed by atoms with van der Waals surface area (Å²) in [4.78, 5) is 5.45. The highest BCUT2D eigenvalue weighted by molar-refractivity contribution is 5.85. The monoisotopic (exact) mass is 399 g/mol. The summed E-state index contributed by atoms with van der Waals surface area (Å²) in [5.41, 5.74) is 3.43. The van der Waals surface area contributed by atoms with Crippen molar-refractivity contribution in [2.24, 2.45) is 0 Å². The van der Waals surface area contributed by atoms with Crippen LogP contribution in [0.1, 0.15) is 28.2 Å². The molecule has 0 amide bonds. The van der Waals surface area contributed by atoms with E-state index in [0.717, 1.165) is 16.7 Å². The molecule has 1 atom stereocenters. The molecule has 0 bridgehead atoms. The number of methoxy groups -OCH3 is 1. The highest BCUT2D eigenvalue weighted by atomic mass is 35.5. The number of rotatable bonds is 9. The van der Waals surface area contributed by atoms with E-state index in [1.807, 2.05) is 32.0 Å². The summed E-state index contributed by atoms with van der Waals surface area (Å²) in [5.74, 6) is -1.14. The van der Waals surface area contributed by atoms with Gasteiger partial charge in [0.15, 0.2) is 0 Å². The van der Waals surface area contributed by atoms with Crippen LogP contribution in [0, 0.1) is 25.5 Å². The average molecular weight is 400 g/mol. The van der Waals surface area contributed by atoms with Gasteiger partial charge in [0.25, 0.3) is 0 Å². The van der Waals surface area contributed by atoms with Gasteiger partial charge in [0, 0.05) is 31.7 Å². The van der Waals surface area contributed by atoms with Crippen LogP contribution in [0.4, 0.5) is 8.78 Å². The molecule has 2 aromatic rings. The highest BCUT2D eigenvalue weighted by Crippen LogP contribution is 2.30. The molecule has 0 spiro atoms. The second kappa shape index (κ2) is 11.3. The van der Waals surface area contributed by atoms with Gasteiger partial charge in [0.1, 0.15) is 11.6 Å². The van der Waals surface area contributed by atoms with E-state index in [0.29, 0.717) is 19.7 Å². The minimum absolute atomic E-state index is 0. The summed E-state index contributed by atoms with van der Waals surface area (Å²) in [6.07, 6.45) is 0.261. The first kappa shape index (κ1) is 23.5. The lowest BCUT2D eigenvalue weighted by Crippen LogP contribution is -2.32. The fraction of sp³-hybridized carbons (Fsp3) is 0.429. The summed E-state index contributed by atoms with van der Waals surface area (Å²) in [7, 11) is 3.23. The lowest BCUT2D eigenvalue weighted by molar-refractivity contribution is -0.142. The SMILES string of the molecule is COCCN(CC(Cc1c(F)cccc1F)c1c(C)cccc1C)OC.Cl. The zero-order valence-electron chi connectivity index (χ0n) is 16.3. The molecule has 0 heterocycles. The Hall–Kier alpha value is -1.53. The van der Waals surface area contributed by atoms with Gasteiger partial charge < -0.3 is 9.57 Å². The maximum Gasteiger partial charge on any atom is 0.129 e. The van der Waals surface area contributed by atoms with Crippen LogP contribution in [0.15, 0.2) is 36.4 Å². The molecular weight excluding hydrogens is 372 g/mol. The van der Waals surface area contributed by atoms with Crippen LogP contribution in [0.5, 0.6) is 0 Å². The molecular formula is C21H28ClF2NO2. The Kier molecular flexibility index (Phi) is 9.88. The number of aryl methyl sites for hydroxylation is 2. The van der Waals surface area contributed by atoms with Gasteiger partial charge >= 0.3 is 0 Å². The van der Waals surface area contributed by atoms with Crippen LogP contribution in [0.2, 0.25) is 0 Å². The zero-order valence-corrected chi connectivity index (χ0v) is 17.1. The van der Waals surface area contributed by atoms with E-state index >= 15 is 0 Å². The number of hydrogen-bond acceptors (Lipinski definition) is 3. The van der Waals surface area contributed by atoms with Crippen molar-refractivity contribution >= 4 is 12.4 Å². The molecule has 3 nitrogen and oxygen atoms in total. The van der Waals surface area contributed by atoms with Crippen LogP contribution in [-0.2, 0) is 16.0 Å². The molecule has 0 saturated heterocycles. The minimum atomic E-state index is -0.512. The summed E-state index contributed by atoms with van der Waals surface area (Å²) >= 11 is 0. The second-order valence-electron chi connectivity index (χ2n) is 6.47. The van der Waals surface area contributed by atoms with Crippen molar-refractivity contribution in [1.29, 1.82) is 0 Å². The van der Waals surface area contributed by atoms with Gasteiger partial charge in [-0.05, 0) is 49.1 Å². The molecule has 0 aliphatic heterocycles.